The van der Waals surface area contributed by atoms with Gasteiger partial charge in [0.15, 0.2) is 17.5 Å². The second-order valence-electron chi connectivity index (χ2n) is 6.99. The quantitative estimate of drug-likeness (QED) is 0.552. The third-order valence-electron chi connectivity index (χ3n) is 4.87. The van der Waals surface area contributed by atoms with E-state index >= 15 is 0 Å². The van der Waals surface area contributed by atoms with Crippen LogP contribution in [0.15, 0.2) is 47.6 Å². The van der Waals surface area contributed by atoms with Crippen LogP contribution in [0.2, 0.25) is 0 Å². The monoisotopic (exact) mass is 399 g/mol. The Morgan fingerprint density at radius 1 is 1.24 bits per heavy atom. The lowest BCUT2D eigenvalue weighted by atomic mass is 10.1. The summed E-state index contributed by atoms with van der Waals surface area (Å²) in [5, 5.41) is 6.80. The van der Waals surface area contributed by atoms with Gasteiger partial charge in [-0.1, -0.05) is 12.1 Å². The first-order valence-electron chi connectivity index (χ1n) is 10.3. The van der Waals surface area contributed by atoms with Crippen molar-refractivity contribution in [3.63, 3.8) is 0 Å². The Labute approximate surface area is 172 Å². The van der Waals surface area contributed by atoms with E-state index < -0.39 is 0 Å². The fourth-order valence-corrected chi connectivity index (χ4v) is 3.39. The van der Waals surface area contributed by atoms with Gasteiger partial charge in [0.05, 0.1) is 13.2 Å². The van der Waals surface area contributed by atoms with Gasteiger partial charge < -0.3 is 20.3 Å². The highest BCUT2D eigenvalue weighted by Crippen LogP contribution is 2.19. The second-order valence-corrected chi connectivity index (χ2v) is 6.99. The van der Waals surface area contributed by atoms with Gasteiger partial charge in [-0.25, -0.2) is 14.4 Å². The average Bonchev–Trinajstić information content (AvgIpc) is 2.75. The summed E-state index contributed by atoms with van der Waals surface area (Å²) in [6, 6.07) is 11.4. The summed E-state index contributed by atoms with van der Waals surface area (Å²) in [6.45, 7) is 7.42. The predicted molar refractivity (Wildman–Crippen MR) is 115 cm³/mol. The van der Waals surface area contributed by atoms with Gasteiger partial charge in [-0.3, -0.25) is 0 Å². The van der Waals surface area contributed by atoms with E-state index in [0.717, 1.165) is 49.8 Å². The van der Waals surface area contributed by atoms with Crippen molar-refractivity contribution in [3.8, 4) is 5.75 Å². The van der Waals surface area contributed by atoms with Crippen molar-refractivity contribution in [3.05, 3.63) is 54.0 Å². The molecule has 6 nitrogen and oxygen atoms in total. The summed E-state index contributed by atoms with van der Waals surface area (Å²) in [7, 11) is 0. The number of rotatable bonds is 7. The fourth-order valence-electron chi connectivity index (χ4n) is 3.39. The zero-order valence-corrected chi connectivity index (χ0v) is 17.2. The van der Waals surface area contributed by atoms with Gasteiger partial charge in [0.1, 0.15) is 5.82 Å². The first-order valence-corrected chi connectivity index (χ1v) is 10.3. The van der Waals surface area contributed by atoms with E-state index in [1.54, 1.807) is 6.07 Å². The lowest BCUT2D eigenvalue weighted by Crippen LogP contribution is -2.48. The number of benzene rings is 1. The molecule has 0 unspecified atom stereocenters. The first-order chi connectivity index (χ1) is 14.2. The summed E-state index contributed by atoms with van der Waals surface area (Å²) in [4.78, 5) is 11.4. The number of hydrogen-bond donors (Lipinski definition) is 2. The minimum atomic E-state index is -0.348. The Bertz CT molecular complexity index is 791. The van der Waals surface area contributed by atoms with Crippen molar-refractivity contribution in [2.75, 3.05) is 31.1 Å². The molecule has 1 aromatic carbocycles. The molecule has 0 atom stereocenters. The van der Waals surface area contributed by atoms with Gasteiger partial charge in [0.25, 0.3) is 0 Å². The Hall–Kier alpha value is -2.83. The molecule has 0 radical (unpaired) electrons. The van der Waals surface area contributed by atoms with Crippen molar-refractivity contribution in [2.45, 2.75) is 39.3 Å². The summed E-state index contributed by atoms with van der Waals surface area (Å²) >= 11 is 0. The van der Waals surface area contributed by atoms with Crippen molar-refractivity contribution in [1.29, 1.82) is 0 Å². The largest absolute Gasteiger partial charge is 0.491 e. The molecule has 1 aromatic heterocycles. The van der Waals surface area contributed by atoms with E-state index in [1.807, 2.05) is 38.2 Å². The topological polar surface area (TPSA) is 61.8 Å². The van der Waals surface area contributed by atoms with Crippen molar-refractivity contribution >= 4 is 11.8 Å². The number of anilines is 1. The number of halogens is 1. The van der Waals surface area contributed by atoms with Crippen molar-refractivity contribution in [2.24, 2.45) is 4.99 Å². The number of pyridine rings is 1. The molecule has 0 aliphatic carbocycles. The molecular formula is C22H30FN5O. The zero-order valence-electron chi connectivity index (χ0n) is 17.2. The summed E-state index contributed by atoms with van der Waals surface area (Å²) in [5.74, 6) is 1.73. The molecule has 7 heteroatoms. The van der Waals surface area contributed by atoms with E-state index in [9.17, 15) is 4.39 Å². The van der Waals surface area contributed by atoms with Crippen LogP contribution in [0.5, 0.6) is 5.75 Å². The molecule has 2 aromatic rings. The van der Waals surface area contributed by atoms with Crippen LogP contribution < -0.4 is 20.3 Å². The number of aromatic nitrogens is 1. The van der Waals surface area contributed by atoms with E-state index in [1.165, 1.54) is 6.07 Å². The zero-order chi connectivity index (χ0) is 20.5. The Morgan fingerprint density at radius 3 is 2.72 bits per heavy atom. The molecule has 1 saturated heterocycles. The van der Waals surface area contributed by atoms with E-state index in [0.29, 0.717) is 19.2 Å². The summed E-state index contributed by atoms with van der Waals surface area (Å²) in [6.07, 6.45) is 3.86. The highest BCUT2D eigenvalue weighted by Gasteiger charge is 2.20. The minimum Gasteiger partial charge on any atom is -0.491 e. The number of hydrogen-bond acceptors (Lipinski definition) is 4. The highest BCUT2D eigenvalue weighted by molar-refractivity contribution is 5.80. The molecule has 0 saturated carbocycles. The summed E-state index contributed by atoms with van der Waals surface area (Å²) < 4.78 is 19.3. The molecule has 1 fully saturated rings. The molecular weight excluding hydrogens is 369 g/mol. The molecule has 29 heavy (non-hydrogen) atoms. The number of nitrogens with zero attached hydrogens (tertiary/aromatic N) is 3. The predicted octanol–water partition coefficient (Wildman–Crippen LogP) is 3.34. The molecule has 156 valence electrons. The van der Waals surface area contributed by atoms with Crippen molar-refractivity contribution < 1.29 is 9.13 Å². The maximum Gasteiger partial charge on any atom is 0.191 e. The van der Waals surface area contributed by atoms with Gasteiger partial charge in [-0.15, -0.1) is 0 Å². The number of guanidine groups is 1. The van der Waals surface area contributed by atoms with E-state index in [4.69, 9.17) is 4.74 Å². The standard InChI is InChI=1S/C22H30FN5O/c1-3-24-22(26-16-17-8-9-20(29-4-2)19(23)15-17)27-18-10-13-28(14-11-18)21-7-5-6-12-25-21/h5-9,12,15,18H,3-4,10-11,13-14,16H2,1-2H3,(H2,24,26,27). The molecule has 0 bridgehead atoms. The van der Waals surface area contributed by atoms with Crippen LogP contribution in [0.4, 0.5) is 10.2 Å². The Kier molecular flexibility index (Phi) is 7.67. The second kappa shape index (κ2) is 10.6. The van der Waals surface area contributed by atoms with E-state index in [2.05, 4.69) is 31.6 Å². The van der Waals surface area contributed by atoms with Crippen LogP contribution in [-0.2, 0) is 6.54 Å². The van der Waals surface area contributed by atoms with Gasteiger partial charge >= 0.3 is 0 Å². The minimum absolute atomic E-state index is 0.282. The number of ether oxygens (including phenoxy) is 1. The van der Waals surface area contributed by atoms with Crippen molar-refractivity contribution in [1.82, 2.24) is 15.6 Å². The van der Waals surface area contributed by atoms with Crippen LogP contribution in [0.25, 0.3) is 0 Å². The normalized spacial score (nSPS) is 15.3. The molecule has 2 heterocycles. The van der Waals surface area contributed by atoms with Gasteiger partial charge in [-0.05, 0) is 56.5 Å². The summed E-state index contributed by atoms with van der Waals surface area (Å²) in [5.41, 5.74) is 0.813. The van der Waals surface area contributed by atoms with Gasteiger partial charge in [0, 0.05) is 31.9 Å². The molecule has 0 amide bonds. The Morgan fingerprint density at radius 2 is 2.07 bits per heavy atom. The molecule has 1 aliphatic rings. The maximum absolute atomic E-state index is 14.0. The number of aliphatic imine (C=N–C) groups is 1. The molecule has 3 rings (SSSR count). The van der Waals surface area contributed by atoms with Crippen LogP contribution in [0, 0.1) is 5.82 Å². The molecule has 0 spiro atoms. The Balaban J connectivity index is 1.55. The van der Waals surface area contributed by atoms with Gasteiger partial charge in [-0.2, -0.15) is 0 Å². The van der Waals surface area contributed by atoms with Crippen LogP contribution in [0.3, 0.4) is 0 Å². The lowest BCUT2D eigenvalue weighted by molar-refractivity contribution is 0.321. The van der Waals surface area contributed by atoms with Gasteiger partial charge in [0.2, 0.25) is 0 Å². The molecule has 2 N–H and O–H groups in total. The lowest BCUT2D eigenvalue weighted by Gasteiger charge is -2.33. The fraction of sp³-hybridized carbons (Fsp3) is 0.455. The highest BCUT2D eigenvalue weighted by atomic mass is 19.1. The number of nitrogens with one attached hydrogen (secondary N) is 2. The third-order valence-corrected chi connectivity index (χ3v) is 4.87. The average molecular weight is 400 g/mol. The van der Waals surface area contributed by atoms with Crippen LogP contribution in [-0.4, -0.2) is 43.2 Å². The SMILES string of the molecule is CCNC(=NCc1ccc(OCC)c(F)c1)NC1CCN(c2ccccn2)CC1. The van der Waals surface area contributed by atoms with Crippen LogP contribution >= 0.6 is 0 Å². The number of piperidine rings is 1. The maximum atomic E-state index is 14.0. The van der Waals surface area contributed by atoms with Crippen LogP contribution in [0.1, 0.15) is 32.3 Å². The van der Waals surface area contributed by atoms with E-state index in [-0.39, 0.29) is 11.6 Å². The smallest absolute Gasteiger partial charge is 0.191 e. The molecule has 1 aliphatic heterocycles. The first kappa shape index (κ1) is 20.9. The third kappa shape index (κ3) is 6.07.